The third-order valence-corrected chi connectivity index (χ3v) is 5.67. The highest BCUT2D eigenvalue weighted by molar-refractivity contribution is 9.09. The van der Waals surface area contributed by atoms with Crippen molar-refractivity contribution in [2.75, 3.05) is 25.2 Å². The fourth-order valence-corrected chi connectivity index (χ4v) is 3.65. The monoisotopic (exact) mass is 466 g/mol. The predicted molar refractivity (Wildman–Crippen MR) is 127 cm³/mol. The molecule has 3 N–H and O–H groups in total. The lowest BCUT2D eigenvalue weighted by Gasteiger charge is -2.01. The van der Waals surface area contributed by atoms with Crippen LogP contribution in [0.3, 0.4) is 0 Å². The zero-order valence-corrected chi connectivity index (χ0v) is 20.3. The molecular weight excluding hydrogens is 416 g/mol. The molecule has 0 aliphatic heterocycles. The summed E-state index contributed by atoms with van der Waals surface area (Å²) >= 11 is 3.45. The summed E-state index contributed by atoms with van der Waals surface area (Å²) in [7, 11) is 0. The number of hydrogen-bond acceptors (Lipinski definition) is 3. The highest BCUT2D eigenvalue weighted by Gasteiger charge is 1.93. The second-order valence-corrected chi connectivity index (χ2v) is 8.72. The zero-order chi connectivity index (χ0) is 21.0. The molecule has 0 fully saturated rings. The van der Waals surface area contributed by atoms with Gasteiger partial charge in [-0.25, -0.2) is 0 Å². The summed E-state index contributed by atoms with van der Waals surface area (Å²) in [6.45, 7) is 1.06. The summed E-state index contributed by atoms with van der Waals surface area (Å²) in [4.78, 5) is 0. The van der Waals surface area contributed by atoms with Gasteiger partial charge in [-0.15, -0.1) is 0 Å². The number of halogens is 1. The SMILES string of the molecule is OCCCCCCCCCCCCBr.OCCCCCCCCCCCCO. The lowest BCUT2D eigenvalue weighted by Crippen LogP contribution is -1.85. The van der Waals surface area contributed by atoms with Gasteiger partial charge in [0.05, 0.1) is 0 Å². The van der Waals surface area contributed by atoms with Crippen molar-refractivity contribution in [3.8, 4) is 0 Å². The lowest BCUT2D eigenvalue weighted by molar-refractivity contribution is 0.281. The van der Waals surface area contributed by atoms with E-state index in [9.17, 15) is 0 Å². The van der Waals surface area contributed by atoms with Gasteiger partial charge in [-0.3, -0.25) is 0 Å². The number of alkyl halides is 1. The molecule has 0 atom stereocenters. The number of unbranched alkanes of at least 4 members (excludes halogenated alkanes) is 18. The third kappa shape index (κ3) is 33.9. The van der Waals surface area contributed by atoms with Crippen molar-refractivity contribution >= 4 is 15.9 Å². The summed E-state index contributed by atoms with van der Waals surface area (Å²) in [6, 6.07) is 0. The van der Waals surface area contributed by atoms with Crippen LogP contribution in [-0.2, 0) is 0 Å². The van der Waals surface area contributed by atoms with Gasteiger partial charge in [0.25, 0.3) is 0 Å². The molecule has 0 rings (SSSR count). The van der Waals surface area contributed by atoms with E-state index < -0.39 is 0 Å². The maximum Gasteiger partial charge on any atom is 0.0431 e. The fraction of sp³-hybridized carbons (Fsp3) is 1.00. The summed E-state index contributed by atoms with van der Waals surface area (Å²) in [6.07, 6.45) is 25.4. The Morgan fingerprint density at radius 2 is 0.464 bits per heavy atom. The minimum atomic E-state index is 0.348. The second kappa shape index (κ2) is 32.0. The molecule has 0 heterocycles. The van der Waals surface area contributed by atoms with Gasteiger partial charge in [0.2, 0.25) is 0 Å². The van der Waals surface area contributed by atoms with E-state index in [1.165, 1.54) is 109 Å². The smallest absolute Gasteiger partial charge is 0.0431 e. The van der Waals surface area contributed by atoms with Gasteiger partial charge < -0.3 is 15.3 Å². The normalized spacial score (nSPS) is 10.7. The van der Waals surface area contributed by atoms with E-state index in [0.29, 0.717) is 19.8 Å². The second-order valence-electron chi connectivity index (χ2n) is 7.93. The first-order chi connectivity index (χ1) is 13.8. The van der Waals surface area contributed by atoms with Crippen LogP contribution < -0.4 is 0 Å². The van der Waals surface area contributed by atoms with Gasteiger partial charge in [-0.05, 0) is 25.7 Å². The Morgan fingerprint density at radius 3 is 0.643 bits per heavy atom. The topological polar surface area (TPSA) is 60.7 Å². The molecule has 0 aromatic heterocycles. The van der Waals surface area contributed by atoms with E-state index in [4.69, 9.17) is 15.3 Å². The Bertz CT molecular complexity index is 192. The number of hydrogen-bond donors (Lipinski definition) is 3. The maximum absolute atomic E-state index is 8.59. The standard InChI is InChI=1S/C12H25BrO.C12H26O2/c2*13-11-9-7-5-3-1-2-4-6-8-10-12-14/h14H,1-12H2;13-14H,1-12H2. The molecule has 0 saturated heterocycles. The predicted octanol–water partition coefficient (Wildman–Crippen LogP) is 7.15. The van der Waals surface area contributed by atoms with Crippen LogP contribution in [0.1, 0.15) is 128 Å². The highest BCUT2D eigenvalue weighted by Crippen LogP contribution is 2.11. The highest BCUT2D eigenvalue weighted by atomic mass is 79.9. The first-order valence-corrected chi connectivity index (χ1v) is 13.3. The molecule has 4 heteroatoms. The minimum Gasteiger partial charge on any atom is -0.396 e. The van der Waals surface area contributed by atoms with Crippen molar-refractivity contribution in [1.82, 2.24) is 0 Å². The molecule has 0 aromatic rings. The fourth-order valence-electron chi connectivity index (χ4n) is 3.26. The molecule has 0 aliphatic carbocycles. The Balaban J connectivity index is 0. The van der Waals surface area contributed by atoms with Gasteiger partial charge in [0.15, 0.2) is 0 Å². The average molecular weight is 468 g/mol. The summed E-state index contributed by atoms with van der Waals surface area (Å²) in [5, 5.41) is 26.9. The summed E-state index contributed by atoms with van der Waals surface area (Å²) < 4.78 is 0. The lowest BCUT2D eigenvalue weighted by atomic mass is 10.1. The molecule has 0 amide bonds. The molecular formula is C24H51BrO3. The van der Waals surface area contributed by atoms with Gasteiger partial charge in [-0.2, -0.15) is 0 Å². The van der Waals surface area contributed by atoms with Crippen molar-refractivity contribution in [1.29, 1.82) is 0 Å². The van der Waals surface area contributed by atoms with Crippen LogP contribution >= 0.6 is 15.9 Å². The van der Waals surface area contributed by atoms with E-state index in [0.717, 1.165) is 24.6 Å². The Labute approximate surface area is 184 Å². The van der Waals surface area contributed by atoms with Crippen molar-refractivity contribution < 1.29 is 15.3 Å². The summed E-state index contributed by atoms with van der Waals surface area (Å²) in [5.74, 6) is 0. The summed E-state index contributed by atoms with van der Waals surface area (Å²) in [5.41, 5.74) is 0. The quantitative estimate of drug-likeness (QED) is 0.117. The van der Waals surface area contributed by atoms with E-state index in [-0.39, 0.29) is 0 Å². The van der Waals surface area contributed by atoms with Crippen LogP contribution in [0.15, 0.2) is 0 Å². The molecule has 28 heavy (non-hydrogen) atoms. The van der Waals surface area contributed by atoms with Crippen molar-refractivity contribution in [3.05, 3.63) is 0 Å². The number of aliphatic hydroxyl groups excluding tert-OH is 3. The van der Waals surface area contributed by atoms with Gasteiger partial charge in [0, 0.05) is 25.2 Å². The molecule has 172 valence electrons. The molecule has 0 saturated carbocycles. The molecule has 3 nitrogen and oxygen atoms in total. The van der Waals surface area contributed by atoms with E-state index in [1.807, 2.05) is 0 Å². The van der Waals surface area contributed by atoms with Crippen LogP contribution in [0.4, 0.5) is 0 Å². The zero-order valence-electron chi connectivity index (χ0n) is 18.7. The molecule has 0 bridgehead atoms. The van der Waals surface area contributed by atoms with Gasteiger partial charge in [0.1, 0.15) is 0 Å². The molecule has 0 unspecified atom stereocenters. The van der Waals surface area contributed by atoms with Crippen molar-refractivity contribution in [3.63, 3.8) is 0 Å². The Morgan fingerprint density at radius 1 is 0.286 bits per heavy atom. The number of aliphatic hydroxyl groups is 3. The average Bonchev–Trinajstić information content (AvgIpc) is 2.71. The maximum atomic E-state index is 8.59. The molecule has 0 radical (unpaired) electrons. The van der Waals surface area contributed by atoms with Crippen LogP contribution in [0.5, 0.6) is 0 Å². The van der Waals surface area contributed by atoms with E-state index in [1.54, 1.807) is 0 Å². The van der Waals surface area contributed by atoms with E-state index >= 15 is 0 Å². The molecule has 0 aliphatic rings. The van der Waals surface area contributed by atoms with Crippen LogP contribution in [0.25, 0.3) is 0 Å². The Kier molecular flexibility index (Phi) is 35.0. The Hall–Kier alpha value is 0.360. The van der Waals surface area contributed by atoms with E-state index in [2.05, 4.69) is 15.9 Å². The van der Waals surface area contributed by atoms with Crippen LogP contribution in [0.2, 0.25) is 0 Å². The van der Waals surface area contributed by atoms with Gasteiger partial charge in [-0.1, -0.05) is 119 Å². The van der Waals surface area contributed by atoms with Crippen LogP contribution in [-0.4, -0.2) is 40.5 Å². The van der Waals surface area contributed by atoms with Crippen molar-refractivity contribution in [2.24, 2.45) is 0 Å². The van der Waals surface area contributed by atoms with Gasteiger partial charge >= 0.3 is 0 Å². The van der Waals surface area contributed by atoms with Crippen LogP contribution in [0, 0.1) is 0 Å². The molecule has 0 spiro atoms. The van der Waals surface area contributed by atoms with Crippen molar-refractivity contribution in [2.45, 2.75) is 128 Å². The largest absolute Gasteiger partial charge is 0.396 e. The third-order valence-electron chi connectivity index (χ3n) is 5.11. The first-order valence-electron chi connectivity index (χ1n) is 12.2. The number of rotatable bonds is 22. The molecule has 0 aromatic carbocycles. The first kappa shape index (κ1) is 30.6. The minimum absolute atomic E-state index is 0.348.